The Kier molecular flexibility index (Phi) is 4.53. The summed E-state index contributed by atoms with van der Waals surface area (Å²) in [5, 5.41) is 1.28. The van der Waals surface area contributed by atoms with Gasteiger partial charge in [-0.1, -0.05) is 18.2 Å². The highest BCUT2D eigenvalue weighted by molar-refractivity contribution is 5.85. The van der Waals surface area contributed by atoms with Gasteiger partial charge >= 0.3 is 0 Å². The SMILES string of the molecule is C[C@@H]1Cc2c([nH]c3ccccc23)[C@H]2c3c(F)cc(O[C@@H]4CCN(CCCF)C4)cc3C3C4CC3(C4)N21. The van der Waals surface area contributed by atoms with E-state index in [0.29, 0.717) is 30.0 Å². The Balaban J connectivity index is 1.20. The van der Waals surface area contributed by atoms with Crippen LogP contribution in [0.2, 0.25) is 0 Å². The fourth-order valence-electron chi connectivity index (χ4n) is 8.61. The predicted octanol–water partition coefficient (Wildman–Crippen LogP) is 5.72. The smallest absolute Gasteiger partial charge is 0.132 e. The van der Waals surface area contributed by atoms with Crippen LogP contribution in [0.4, 0.5) is 8.78 Å². The van der Waals surface area contributed by atoms with Crippen molar-refractivity contribution in [1.82, 2.24) is 14.8 Å². The van der Waals surface area contributed by atoms with Crippen molar-refractivity contribution in [1.29, 1.82) is 0 Å². The molecule has 4 nitrogen and oxygen atoms in total. The topological polar surface area (TPSA) is 31.5 Å². The number of para-hydroxylation sites is 1. The van der Waals surface area contributed by atoms with Gasteiger partial charge in [0, 0.05) is 65.4 Å². The summed E-state index contributed by atoms with van der Waals surface area (Å²) in [4.78, 5) is 8.66. The van der Waals surface area contributed by atoms with Crippen LogP contribution in [-0.2, 0) is 6.42 Å². The number of nitrogens with zero attached hydrogens (tertiary/aromatic N) is 2. The second-order valence-corrected chi connectivity index (χ2v) is 12.0. The first kappa shape index (κ1) is 21.6. The summed E-state index contributed by atoms with van der Waals surface area (Å²) in [6, 6.07) is 12.6. The third-order valence-electron chi connectivity index (χ3n) is 10.1. The number of ether oxygens (including phenoxy) is 1. The second-order valence-electron chi connectivity index (χ2n) is 12.0. The van der Waals surface area contributed by atoms with Crippen LogP contribution in [0.25, 0.3) is 10.9 Å². The third kappa shape index (κ3) is 2.75. The van der Waals surface area contributed by atoms with Crippen LogP contribution >= 0.6 is 0 Å². The maximum absolute atomic E-state index is 16.2. The van der Waals surface area contributed by atoms with E-state index in [0.717, 1.165) is 43.6 Å². The summed E-state index contributed by atoms with van der Waals surface area (Å²) in [5.41, 5.74) is 5.90. The van der Waals surface area contributed by atoms with E-state index in [1.54, 1.807) is 6.07 Å². The number of fused-ring (bicyclic) bond motifs is 7. The van der Waals surface area contributed by atoms with E-state index in [2.05, 4.69) is 52.0 Å². The predicted molar refractivity (Wildman–Crippen MR) is 136 cm³/mol. The standard InChI is InChI=1S/C30H33F2N3O/c1-17-11-22-21-5-2-3-6-25(21)33-28(22)29-26-23(27-18-14-30(27,15-18)35(17)29)12-20(13-24(26)32)36-19-7-10-34(16-19)9-4-8-31/h2-3,5-6,12-13,17-19,27,29,33H,4,7-11,14-16H2,1H3/t17-,18?,19-,27?,29-,30?/m1/s1. The molecule has 3 aliphatic heterocycles. The van der Waals surface area contributed by atoms with Crippen LogP contribution in [0.3, 0.4) is 0 Å². The van der Waals surface area contributed by atoms with Gasteiger partial charge in [-0.2, -0.15) is 0 Å². The van der Waals surface area contributed by atoms with Gasteiger partial charge in [-0.3, -0.25) is 14.2 Å². The molecule has 4 heterocycles. The van der Waals surface area contributed by atoms with Crippen molar-refractivity contribution in [3.8, 4) is 5.75 Å². The first-order valence-corrected chi connectivity index (χ1v) is 13.7. The Bertz CT molecular complexity index is 1360. The lowest BCUT2D eigenvalue weighted by Gasteiger charge is -2.77. The number of halogens is 2. The number of rotatable bonds is 5. The van der Waals surface area contributed by atoms with Gasteiger partial charge in [-0.05, 0) is 68.2 Å². The van der Waals surface area contributed by atoms with Crippen molar-refractivity contribution in [2.45, 2.75) is 68.7 Å². The summed E-state index contributed by atoms with van der Waals surface area (Å²) in [6.07, 6.45) is 4.99. The van der Waals surface area contributed by atoms with Crippen molar-refractivity contribution in [2.24, 2.45) is 5.92 Å². The number of hydrogen-bond acceptors (Lipinski definition) is 3. The molecule has 1 saturated heterocycles. The third-order valence-corrected chi connectivity index (χ3v) is 10.1. The van der Waals surface area contributed by atoms with Crippen molar-refractivity contribution in [3.63, 3.8) is 0 Å². The van der Waals surface area contributed by atoms with Gasteiger partial charge in [-0.15, -0.1) is 0 Å². The zero-order valence-corrected chi connectivity index (χ0v) is 20.8. The molecule has 0 amide bonds. The zero-order chi connectivity index (χ0) is 24.2. The number of H-pyrrole nitrogens is 1. The molecule has 2 aromatic carbocycles. The fourth-order valence-corrected chi connectivity index (χ4v) is 8.61. The molecule has 6 aliphatic rings. The minimum atomic E-state index is -0.281. The highest BCUT2D eigenvalue weighted by atomic mass is 19.1. The minimum absolute atomic E-state index is 0.0436. The number of hydrogen-bond donors (Lipinski definition) is 1. The van der Waals surface area contributed by atoms with Crippen LogP contribution < -0.4 is 4.74 Å². The Hall–Kier alpha value is -2.44. The molecule has 3 aliphatic carbocycles. The zero-order valence-electron chi connectivity index (χ0n) is 20.8. The van der Waals surface area contributed by atoms with E-state index in [4.69, 9.17) is 4.74 Å². The molecular formula is C30H33F2N3O. The Labute approximate surface area is 210 Å². The molecule has 188 valence electrons. The number of likely N-dealkylation sites (tertiary alicyclic amines) is 1. The molecule has 3 saturated carbocycles. The summed E-state index contributed by atoms with van der Waals surface area (Å²) in [7, 11) is 0. The molecule has 1 aromatic heterocycles. The van der Waals surface area contributed by atoms with E-state index in [1.807, 2.05) is 0 Å². The Morgan fingerprint density at radius 3 is 2.86 bits per heavy atom. The van der Waals surface area contributed by atoms with Gasteiger partial charge < -0.3 is 9.72 Å². The van der Waals surface area contributed by atoms with E-state index in [9.17, 15) is 4.39 Å². The number of aromatic amines is 1. The summed E-state index contributed by atoms with van der Waals surface area (Å²) in [5.74, 6) is 1.61. The average molecular weight is 490 g/mol. The molecule has 4 atom stereocenters. The first-order valence-electron chi connectivity index (χ1n) is 13.7. The molecule has 0 radical (unpaired) electrons. The van der Waals surface area contributed by atoms with Crippen LogP contribution in [0.5, 0.6) is 5.75 Å². The van der Waals surface area contributed by atoms with Crippen LogP contribution in [-0.4, -0.2) is 58.8 Å². The Morgan fingerprint density at radius 1 is 1.19 bits per heavy atom. The number of aromatic nitrogens is 1. The van der Waals surface area contributed by atoms with Crippen LogP contribution in [0, 0.1) is 11.7 Å². The largest absolute Gasteiger partial charge is 0.489 e. The van der Waals surface area contributed by atoms with Gasteiger partial charge in [-0.25, -0.2) is 4.39 Å². The van der Waals surface area contributed by atoms with E-state index in [-0.39, 0.29) is 30.2 Å². The monoisotopic (exact) mass is 489 g/mol. The molecule has 1 unspecified atom stereocenters. The van der Waals surface area contributed by atoms with Gasteiger partial charge in [0.05, 0.1) is 12.7 Å². The highest BCUT2D eigenvalue weighted by Crippen LogP contribution is 2.75. The first-order chi connectivity index (χ1) is 17.6. The molecule has 4 fully saturated rings. The van der Waals surface area contributed by atoms with Gasteiger partial charge in [0.15, 0.2) is 0 Å². The van der Waals surface area contributed by atoms with E-state index >= 15 is 4.39 Å². The fraction of sp³-hybridized carbons (Fsp3) is 0.533. The summed E-state index contributed by atoms with van der Waals surface area (Å²) < 4.78 is 35.1. The molecule has 9 rings (SSSR count). The quantitative estimate of drug-likeness (QED) is 0.498. The lowest BCUT2D eigenvalue weighted by Crippen LogP contribution is -2.78. The molecule has 1 N–H and O–H groups in total. The lowest BCUT2D eigenvalue weighted by atomic mass is 9.37. The molecule has 6 heteroatoms. The second kappa shape index (κ2) is 7.55. The van der Waals surface area contributed by atoms with E-state index < -0.39 is 0 Å². The highest BCUT2D eigenvalue weighted by Gasteiger charge is 2.73. The maximum Gasteiger partial charge on any atom is 0.132 e. The van der Waals surface area contributed by atoms with Crippen molar-refractivity contribution in [3.05, 3.63) is 64.6 Å². The Morgan fingerprint density at radius 2 is 2.06 bits per heavy atom. The number of benzene rings is 2. The summed E-state index contributed by atoms with van der Waals surface area (Å²) in [6.45, 7) is 4.54. The molecule has 3 aromatic rings. The maximum atomic E-state index is 16.2. The van der Waals surface area contributed by atoms with Crippen molar-refractivity contribution in [2.75, 3.05) is 26.3 Å². The van der Waals surface area contributed by atoms with Crippen molar-refractivity contribution >= 4 is 10.9 Å². The molecule has 36 heavy (non-hydrogen) atoms. The van der Waals surface area contributed by atoms with Gasteiger partial charge in [0.1, 0.15) is 17.7 Å². The normalized spacial score (nSPS) is 34.4. The number of nitrogens with one attached hydrogen (secondary N) is 1. The average Bonchev–Trinajstić information content (AvgIpc) is 3.41. The van der Waals surface area contributed by atoms with Gasteiger partial charge in [0.2, 0.25) is 0 Å². The molecule has 2 bridgehead atoms. The lowest BCUT2D eigenvalue weighted by molar-refractivity contribution is -0.209. The molecule has 1 spiro atoms. The molecular weight excluding hydrogens is 456 g/mol. The number of alkyl halides is 1. The van der Waals surface area contributed by atoms with Crippen LogP contribution in [0.1, 0.15) is 67.0 Å². The van der Waals surface area contributed by atoms with Crippen LogP contribution in [0.15, 0.2) is 36.4 Å². The summed E-state index contributed by atoms with van der Waals surface area (Å²) >= 11 is 0. The van der Waals surface area contributed by atoms with Crippen molar-refractivity contribution < 1.29 is 13.5 Å². The van der Waals surface area contributed by atoms with E-state index in [1.165, 1.54) is 35.0 Å². The van der Waals surface area contributed by atoms with Gasteiger partial charge in [0.25, 0.3) is 0 Å². The minimum Gasteiger partial charge on any atom is -0.489 e.